The van der Waals surface area contributed by atoms with Crippen LogP contribution in [0.15, 0.2) is 36.4 Å². The quantitative estimate of drug-likeness (QED) is 0.784. The highest BCUT2D eigenvalue weighted by atomic mass is 35.5. The molecule has 2 aromatic carbocycles. The van der Waals surface area contributed by atoms with E-state index in [9.17, 15) is 4.39 Å². The third-order valence-electron chi connectivity index (χ3n) is 3.11. The summed E-state index contributed by atoms with van der Waals surface area (Å²) < 4.78 is 19.1. The first kappa shape index (κ1) is 13.6. The van der Waals surface area contributed by atoms with Gasteiger partial charge in [0.05, 0.1) is 18.2 Å². The Labute approximate surface area is 125 Å². The number of hydrogen-bond donors (Lipinski definition) is 1. The predicted octanol–water partition coefficient (Wildman–Crippen LogP) is 3.68. The summed E-state index contributed by atoms with van der Waals surface area (Å²) in [5.74, 6) is 0.437. The number of benzene rings is 2. The zero-order valence-electron chi connectivity index (χ0n) is 11.1. The lowest BCUT2D eigenvalue weighted by Gasteiger charge is -2.08. The maximum atomic E-state index is 14.1. The van der Waals surface area contributed by atoms with E-state index in [-0.39, 0.29) is 17.2 Å². The normalized spacial score (nSPS) is 10.8. The van der Waals surface area contributed by atoms with Crippen molar-refractivity contribution in [3.63, 3.8) is 0 Å². The van der Waals surface area contributed by atoms with Gasteiger partial charge in [-0.1, -0.05) is 11.6 Å². The number of fused-ring (bicyclic) bond motifs is 1. The van der Waals surface area contributed by atoms with Gasteiger partial charge in [0, 0.05) is 16.5 Å². The van der Waals surface area contributed by atoms with Crippen LogP contribution in [0.1, 0.15) is 0 Å². The van der Waals surface area contributed by atoms with Crippen LogP contribution in [0.3, 0.4) is 0 Å². The third kappa shape index (κ3) is 2.48. The summed E-state index contributed by atoms with van der Waals surface area (Å²) in [4.78, 5) is 8.49. The van der Waals surface area contributed by atoms with Crippen LogP contribution >= 0.6 is 11.6 Å². The van der Waals surface area contributed by atoms with Gasteiger partial charge in [0.25, 0.3) is 0 Å². The molecule has 0 amide bonds. The molecule has 6 heteroatoms. The highest BCUT2D eigenvalue weighted by Gasteiger charge is 2.12. The monoisotopic (exact) mass is 303 g/mol. The molecule has 0 fully saturated rings. The first-order chi connectivity index (χ1) is 10.1. The number of rotatable bonds is 2. The van der Waals surface area contributed by atoms with E-state index in [1.807, 2.05) is 0 Å². The molecule has 4 nitrogen and oxygen atoms in total. The fraction of sp³-hybridized carbons (Fsp3) is 0.0667. The number of nitrogens with two attached hydrogens (primary N) is 1. The zero-order chi connectivity index (χ0) is 15.0. The Morgan fingerprint density at radius 2 is 1.95 bits per heavy atom. The van der Waals surface area contributed by atoms with Crippen molar-refractivity contribution in [2.24, 2.45) is 0 Å². The first-order valence-corrected chi connectivity index (χ1v) is 6.53. The molecule has 0 spiro atoms. The molecule has 0 aliphatic heterocycles. The van der Waals surface area contributed by atoms with Crippen LogP contribution < -0.4 is 10.5 Å². The van der Waals surface area contributed by atoms with Crippen molar-refractivity contribution in [1.82, 2.24) is 9.97 Å². The van der Waals surface area contributed by atoms with Crippen LogP contribution in [0.25, 0.3) is 22.3 Å². The molecule has 0 unspecified atom stereocenters. The largest absolute Gasteiger partial charge is 0.497 e. The molecule has 106 valence electrons. The number of hydrogen-bond acceptors (Lipinski definition) is 4. The number of nitrogen functional groups attached to an aromatic ring is 1. The molecule has 0 saturated heterocycles. The Morgan fingerprint density at radius 1 is 1.14 bits per heavy atom. The standard InChI is InChI=1S/C15H11ClFN3O/c1-21-9-3-5-10(12(17)7-9)15-19-13-6-8(16)2-4-11(13)14(18)20-15/h2-7H,1H3,(H2,18,19,20). The van der Waals surface area contributed by atoms with Gasteiger partial charge >= 0.3 is 0 Å². The van der Waals surface area contributed by atoms with Gasteiger partial charge in [0.1, 0.15) is 17.4 Å². The smallest absolute Gasteiger partial charge is 0.165 e. The molecule has 3 aromatic rings. The van der Waals surface area contributed by atoms with Gasteiger partial charge < -0.3 is 10.5 Å². The van der Waals surface area contributed by atoms with Gasteiger partial charge in [-0.2, -0.15) is 0 Å². The van der Waals surface area contributed by atoms with E-state index in [0.29, 0.717) is 21.7 Å². The van der Waals surface area contributed by atoms with E-state index in [2.05, 4.69) is 9.97 Å². The molecular formula is C15H11ClFN3O. The van der Waals surface area contributed by atoms with Gasteiger partial charge in [-0.25, -0.2) is 14.4 Å². The lowest BCUT2D eigenvalue weighted by atomic mass is 10.1. The molecule has 0 saturated carbocycles. The third-order valence-corrected chi connectivity index (χ3v) is 3.34. The van der Waals surface area contributed by atoms with Crippen molar-refractivity contribution in [2.45, 2.75) is 0 Å². The summed E-state index contributed by atoms with van der Waals surface area (Å²) in [6.07, 6.45) is 0. The summed E-state index contributed by atoms with van der Waals surface area (Å²) in [6, 6.07) is 9.58. The molecule has 0 radical (unpaired) electrons. The molecule has 3 rings (SSSR count). The van der Waals surface area contributed by atoms with Gasteiger partial charge in [0.2, 0.25) is 0 Å². The number of nitrogens with zero attached hydrogens (tertiary/aromatic N) is 2. The van der Waals surface area contributed by atoms with Gasteiger partial charge in [-0.05, 0) is 30.3 Å². The van der Waals surface area contributed by atoms with Gasteiger partial charge in [0.15, 0.2) is 5.82 Å². The van der Waals surface area contributed by atoms with E-state index < -0.39 is 5.82 Å². The highest BCUT2D eigenvalue weighted by molar-refractivity contribution is 6.31. The molecule has 0 aliphatic carbocycles. The second-order valence-electron chi connectivity index (χ2n) is 4.44. The van der Waals surface area contributed by atoms with Crippen molar-refractivity contribution in [1.29, 1.82) is 0 Å². The van der Waals surface area contributed by atoms with Crippen molar-refractivity contribution in [2.75, 3.05) is 12.8 Å². The average Bonchev–Trinajstić information content (AvgIpc) is 2.46. The Balaban J connectivity index is 2.21. The fourth-order valence-corrected chi connectivity index (χ4v) is 2.22. The van der Waals surface area contributed by atoms with Crippen LogP contribution in [-0.4, -0.2) is 17.1 Å². The summed E-state index contributed by atoms with van der Waals surface area (Å²) in [7, 11) is 1.47. The summed E-state index contributed by atoms with van der Waals surface area (Å²) in [6.45, 7) is 0. The van der Waals surface area contributed by atoms with Gasteiger partial charge in [-0.15, -0.1) is 0 Å². The van der Waals surface area contributed by atoms with E-state index in [1.54, 1.807) is 30.3 Å². The van der Waals surface area contributed by atoms with Crippen molar-refractivity contribution >= 4 is 28.3 Å². The molecule has 21 heavy (non-hydrogen) atoms. The molecule has 2 N–H and O–H groups in total. The average molecular weight is 304 g/mol. The Kier molecular flexibility index (Phi) is 3.35. The van der Waals surface area contributed by atoms with Crippen molar-refractivity contribution in [3.8, 4) is 17.1 Å². The lowest BCUT2D eigenvalue weighted by Crippen LogP contribution is -1.99. The number of halogens is 2. The molecule has 1 aromatic heterocycles. The number of anilines is 1. The van der Waals surface area contributed by atoms with Crippen LogP contribution in [0.5, 0.6) is 5.75 Å². The highest BCUT2D eigenvalue weighted by Crippen LogP contribution is 2.28. The summed E-state index contributed by atoms with van der Waals surface area (Å²) >= 11 is 5.95. The summed E-state index contributed by atoms with van der Waals surface area (Å²) in [5, 5.41) is 1.21. The van der Waals surface area contributed by atoms with Crippen LogP contribution in [0.4, 0.5) is 10.2 Å². The molecule has 0 aliphatic rings. The minimum Gasteiger partial charge on any atom is -0.497 e. The maximum Gasteiger partial charge on any atom is 0.165 e. The van der Waals surface area contributed by atoms with Crippen molar-refractivity contribution in [3.05, 3.63) is 47.2 Å². The van der Waals surface area contributed by atoms with E-state index in [0.717, 1.165) is 0 Å². The van der Waals surface area contributed by atoms with E-state index >= 15 is 0 Å². The number of methoxy groups -OCH3 is 1. The van der Waals surface area contributed by atoms with Gasteiger partial charge in [-0.3, -0.25) is 0 Å². The maximum absolute atomic E-state index is 14.1. The molecule has 0 bridgehead atoms. The van der Waals surface area contributed by atoms with E-state index in [4.69, 9.17) is 22.1 Å². The molecule has 0 atom stereocenters. The summed E-state index contributed by atoms with van der Waals surface area (Å²) in [5.41, 5.74) is 6.73. The number of aromatic nitrogens is 2. The predicted molar refractivity (Wildman–Crippen MR) is 80.9 cm³/mol. The minimum atomic E-state index is -0.477. The second kappa shape index (κ2) is 5.18. The topological polar surface area (TPSA) is 61.0 Å². The fourth-order valence-electron chi connectivity index (χ4n) is 2.05. The SMILES string of the molecule is COc1ccc(-c2nc(N)c3ccc(Cl)cc3n2)c(F)c1. The Hall–Kier alpha value is -2.40. The van der Waals surface area contributed by atoms with E-state index in [1.165, 1.54) is 13.2 Å². The molecule has 1 heterocycles. The second-order valence-corrected chi connectivity index (χ2v) is 4.88. The van der Waals surface area contributed by atoms with Crippen molar-refractivity contribution < 1.29 is 9.13 Å². The van der Waals surface area contributed by atoms with Crippen LogP contribution in [0.2, 0.25) is 5.02 Å². The minimum absolute atomic E-state index is 0.211. The lowest BCUT2D eigenvalue weighted by molar-refractivity contribution is 0.411. The zero-order valence-corrected chi connectivity index (χ0v) is 11.9. The molecular weight excluding hydrogens is 293 g/mol. The first-order valence-electron chi connectivity index (χ1n) is 6.15. The van der Waals surface area contributed by atoms with Crippen LogP contribution in [-0.2, 0) is 0 Å². The van der Waals surface area contributed by atoms with Crippen LogP contribution in [0, 0.1) is 5.82 Å². The Morgan fingerprint density at radius 3 is 2.67 bits per heavy atom. The number of ether oxygens (including phenoxy) is 1. The Bertz CT molecular complexity index is 839.